The standard InChI is InChI=1S/C18H15O5Si/c1-20-16-8-13-12-7-11(23-24)5-4-10(12)6-15(18(19)22-3)14(13)9-17(16)21-2/h4-9H,1-3H3. The van der Waals surface area contributed by atoms with Crippen molar-refractivity contribution in [3.8, 4) is 17.2 Å². The molecule has 0 heterocycles. The molecular formula is C18H15O5Si. The molecule has 3 rings (SSSR count). The van der Waals surface area contributed by atoms with Crippen LogP contribution < -0.4 is 13.9 Å². The Morgan fingerprint density at radius 1 is 0.875 bits per heavy atom. The number of hydrogen-bond donors (Lipinski definition) is 0. The van der Waals surface area contributed by atoms with E-state index in [4.69, 9.17) is 18.6 Å². The maximum Gasteiger partial charge on any atom is 0.341 e. The fourth-order valence-electron chi connectivity index (χ4n) is 2.79. The lowest BCUT2D eigenvalue weighted by atomic mass is 9.96. The lowest BCUT2D eigenvalue weighted by Gasteiger charge is -2.14. The zero-order chi connectivity index (χ0) is 17.3. The first-order chi connectivity index (χ1) is 11.6. The summed E-state index contributed by atoms with van der Waals surface area (Å²) in [6.45, 7) is 0. The van der Waals surface area contributed by atoms with Crippen LogP contribution in [0.2, 0.25) is 0 Å². The smallest absolute Gasteiger partial charge is 0.341 e. The highest BCUT2D eigenvalue weighted by Crippen LogP contribution is 2.38. The van der Waals surface area contributed by atoms with Crippen molar-refractivity contribution in [2.24, 2.45) is 0 Å². The molecule has 6 heteroatoms. The predicted molar refractivity (Wildman–Crippen MR) is 92.3 cm³/mol. The molecule has 0 amide bonds. The highest BCUT2D eigenvalue weighted by atomic mass is 28.2. The number of esters is 1. The van der Waals surface area contributed by atoms with Crippen molar-refractivity contribution in [2.45, 2.75) is 0 Å². The molecule has 0 fully saturated rings. The summed E-state index contributed by atoms with van der Waals surface area (Å²) in [4.78, 5) is 12.2. The van der Waals surface area contributed by atoms with Crippen LogP contribution in [-0.2, 0) is 4.74 Å². The summed E-state index contributed by atoms with van der Waals surface area (Å²) in [5.74, 6) is 1.37. The zero-order valence-corrected chi connectivity index (χ0v) is 14.5. The van der Waals surface area contributed by atoms with Gasteiger partial charge in [0.1, 0.15) is 5.75 Å². The van der Waals surface area contributed by atoms with E-state index in [1.807, 2.05) is 24.3 Å². The summed E-state index contributed by atoms with van der Waals surface area (Å²) in [6.07, 6.45) is 0. The van der Waals surface area contributed by atoms with Gasteiger partial charge in [-0.1, -0.05) is 6.07 Å². The molecule has 0 saturated heterocycles. The third-order valence-corrected chi connectivity index (χ3v) is 4.19. The van der Waals surface area contributed by atoms with Crippen LogP contribution in [0, 0.1) is 0 Å². The second-order valence-electron chi connectivity index (χ2n) is 5.15. The van der Waals surface area contributed by atoms with E-state index >= 15 is 0 Å². The minimum Gasteiger partial charge on any atom is -0.540 e. The second-order valence-corrected chi connectivity index (χ2v) is 5.36. The van der Waals surface area contributed by atoms with Crippen LogP contribution in [0.4, 0.5) is 0 Å². The number of benzene rings is 3. The van der Waals surface area contributed by atoms with Crippen molar-refractivity contribution in [1.29, 1.82) is 0 Å². The van der Waals surface area contributed by atoms with E-state index in [2.05, 4.69) is 10.5 Å². The molecule has 3 radical (unpaired) electrons. The Bertz CT molecular complexity index is 936. The van der Waals surface area contributed by atoms with Crippen LogP contribution in [0.1, 0.15) is 10.4 Å². The average Bonchev–Trinajstić information content (AvgIpc) is 2.64. The Balaban J connectivity index is 2.48. The first-order valence-corrected chi connectivity index (χ1v) is 7.58. The second kappa shape index (κ2) is 6.41. The molecule has 0 unspecified atom stereocenters. The molecule has 0 N–H and O–H groups in total. The number of rotatable bonds is 4. The Kier molecular flexibility index (Phi) is 4.31. The number of hydrogen-bond acceptors (Lipinski definition) is 5. The lowest BCUT2D eigenvalue weighted by molar-refractivity contribution is 0.0603. The molecule has 121 valence electrons. The van der Waals surface area contributed by atoms with Gasteiger partial charge < -0.3 is 18.6 Å². The van der Waals surface area contributed by atoms with Crippen LogP contribution in [0.15, 0.2) is 36.4 Å². The molecule has 0 bridgehead atoms. The Hall–Kier alpha value is -2.73. The minimum absolute atomic E-state index is 0.408. The maximum atomic E-state index is 12.2. The van der Waals surface area contributed by atoms with Gasteiger partial charge >= 0.3 is 16.5 Å². The van der Waals surface area contributed by atoms with Crippen LogP contribution in [0.25, 0.3) is 21.5 Å². The first-order valence-electron chi connectivity index (χ1n) is 7.17. The third kappa shape index (κ3) is 2.54. The number of fused-ring (bicyclic) bond motifs is 3. The predicted octanol–water partition coefficient (Wildman–Crippen LogP) is 3.26. The molecular weight excluding hydrogens is 324 g/mol. The molecule has 0 aliphatic carbocycles. The molecule has 0 atom stereocenters. The lowest BCUT2D eigenvalue weighted by Crippen LogP contribution is -2.03. The topological polar surface area (TPSA) is 54.0 Å². The molecule has 0 saturated carbocycles. The normalized spacial score (nSPS) is 10.7. The van der Waals surface area contributed by atoms with E-state index in [1.165, 1.54) is 7.11 Å². The van der Waals surface area contributed by atoms with E-state index in [0.717, 1.165) is 21.5 Å². The maximum absolute atomic E-state index is 12.2. The summed E-state index contributed by atoms with van der Waals surface area (Å²) >= 11 is 0. The van der Waals surface area contributed by atoms with E-state index in [-0.39, 0.29) is 0 Å². The highest BCUT2D eigenvalue weighted by Gasteiger charge is 2.17. The van der Waals surface area contributed by atoms with Crippen LogP contribution in [-0.4, -0.2) is 37.8 Å². The highest BCUT2D eigenvalue weighted by molar-refractivity contribution is 6.17. The van der Waals surface area contributed by atoms with Crippen molar-refractivity contribution >= 4 is 38.0 Å². The monoisotopic (exact) mass is 339 g/mol. The van der Waals surface area contributed by atoms with Crippen molar-refractivity contribution in [2.75, 3.05) is 21.3 Å². The first kappa shape index (κ1) is 16.1. The molecule has 24 heavy (non-hydrogen) atoms. The van der Waals surface area contributed by atoms with Gasteiger partial charge in [0, 0.05) is 5.39 Å². The van der Waals surface area contributed by atoms with E-state index in [1.54, 1.807) is 26.4 Å². The SMILES string of the molecule is COC(=O)c1cc2ccc(O[Si])cc2c2cc(OC)c(OC)cc12. The van der Waals surface area contributed by atoms with Crippen LogP contribution in [0.3, 0.4) is 0 Å². The van der Waals surface area contributed by atoms with Gasteiger partial charge in [0.05, 0.1) is 26.9 Å². The molecule has 3 aromatic rings. The Labute approximate surface area is 142 Å². The average molecular weight is 339 g/mol. The minimum atomic E-state index is -0.408. The van der Waals surface area contributed by atoms with Crippen molar-refractivity contribution in [3.63, 3.8) is 0 Å². The van der Waals surface area contributed by atoms with E-state index in [0.29, 0.717) is 22.8 Å². The summed E-state index contributed by atoms with van der Waals surface area (Å²) < 4.78 is 20.8. The molecule has 0 spiro atoms. The molecule has 0 aliphatic heterocycles. The number of carbonyl (C=O) groups is 1. The summed E-state index contributed by atoms with van der Waals surface area (Å²) in [5, 5.41) is 3.38. The van der Waals surface area contributed by atoms with Crippen LogP contribution in [0.5, 0.6) is 17.2 Å². The fraction of sp³-hybridized carbons (Fsp3) is 0.167. The van der Waals surface area contributed by atoms with Gasteiger partial charge in [0.15, 0.2) is 11.5 Å². The van der Waals surface area contributed by atoms with E-state index < -0.39 is 5.97 Å². The van der Waals surface area contributed by atoms with Gasteiger partial charge in [-0.2, -0.15) is 0 Å². The van der Waals surface area contributed by atoms with Crippen molar-refractivity contribution in [1.82, 2.24) is 0 Å². The van der Waals surface area contributed by atoms with E-state index in [9.17, 15) is 4.79 Å². The molecule has 0 aliphatic rings. The molecule has 3 aromatic carbocycles. The van der Waals surface area contributed by atoms with Gasteiger partial charge in [-0.05, 0) is 46.5 Å². The quantitative estimate of drug-likeness (QED) is 0.415. The Morgan fingerprint density at radius 2 is 1.54 bits per heavy atom. The van der Waals surface area contributed by atoms with Crippen LogP contribution >= 0.6 is 0 Å². The fourth-order valence-corrected chi connectivity index (χ4v) is 2.92. The summed E-state index contributed by atoms with van der Waals surface area (Å²) in [6, 6.07) is 11.0. The van der Waals surface area contributed by atoms with Gasteiger partial charge in [-0.3, -0.25) is 0 Å². The Morgan fingerprint density at radius 3 is 2.12 bits per heavy atom. The molecule has 5 nitrogen and oxygen atoms in total. The zero-order valence-electron chi connectivity index (χ0n) is 13.5. The van der Waals surface area contributed by atoms with Gasteiger partial charge in [-0.15, -0.1) is 0 Å². The third-order valence-electron chi connectivity index (χ3n) is 3.95. The van der Waals surface area contributed by atoms with Crippen molar-refractivity contribution in [3.05, 3.63) is 42.0 Å². The largest absolute Gasteiger partial charge is 0.540 e. The number of ether oxygens (including phenoxy) is 3. The number of carbonyl (C=O) groups excluding carboxylic acids is 1. The summed E-state index contributed by atoms with van der Waals surface area (Å²) in [5.41, 5.74) is 0.466. The number of methoxy groups -OCH3 is 3. The molecule has 0 aromatic heterocycles. The van der Waals surface area contributed by atoms with Gasteiger partial charge in [-0.25, -0.2) is 4.79 Å². The summed E-state index contributed by atoms with van der Waals surface area (Å²) in [7, 11) is 7.53. The van der Waals surface area contributed by atoms with Gasteiger partial charge in [0.2, 0.25) is 0 Å². The van der Waals surface area contributed by atoms with Crippen molar-refractivity contribution < 1.29 is 23.4 Å². The van der Waals surface area contributed by atoms with Gasteiger partial charge in [0.25, 0.3) is 0 Å².